The fraction of sp³-hybridized carbons (Fsp3) is 0.294. The molecule has 1 heterocycles. The van der Waals surface area contributed by atoms with Gasteiger partial charge in [-0.15, -0.1) is 0 Å². The summed E-state index contributed by atoms with van der Waals surface area (Å²) in [6.45, 7) is 0.605. The highest BCUT2D eigenvalue weighted by atomic mass is 16.5. The molecule has 0 unspecified atom stereocenters. The second-order valence-electron chi connectivity index (χ2n) is 5.02. The third-order valence-electron chi connectivity index (χ3n) is 3.48. The number of amides is 2. The average molecular weight is 315 g/mol. The fourth-order valence-corrected chi connectivity index (χ4v) is 2.06. The fourth-order valence-electron chi connectivity index (χ4n) is 2.06. The first-order valence-corrected chi connectivity index (χ1v) is 7.27. The molecule has 2 amide bonds. The van der Waals surface area contributed by atoms with Crippen LogP contribution in [0.2, 0.25) is 0 Å². The lowest BCUT2D eigenvalue weighted by Gasteiger charge is -2.19. The number of methoxy groups -OCH3 is 2. The van der Waals surface area contributed by atoms with Crippen molar-refractivity contribution >= 4 is 11.7 Å². The van der Waals surface area contributed by atoms with Gasteiger partial charge in [-0.25, -0.2) is 4.79 Å². The molecule has 23 heavy (non-hydrogen) atoms. The summed E-state index contributed by atoms with van der Waals surface area (Å²) in [5.74, 6) is 1.23. The van der Waals surface area contributed by atoms with E-state index >= 15 is 0 Å². The Labute approximate surface area is 136 Å². The molecule has 0 aliphatic heterocycles. The summed E-state index contributed by atoms with van der Waals surface area (Å²) >= 11 is 0. The molecule has 1 N–H and O–H groups in total. The second kappa shape index (κ2) is 8.03. The molecule has 6 heteroatoms. The van der Waals surface area contributed by atoms with Gasteiger partial charge in [0.1, 0.15) is 11.5 Å². The van der Waals surface area contributed by atoms with E-state index in [-0.39, 0.29) is 6.03 Å². The van der Waals surface area contributed by atoms with E-state index in [1.54, 1.807) is 56.8 Å². The van der Waals surface area contributed by atoms with E-state index in [0.717, 1.165) is 12.0 Å². The van der Waals surface area contributed by atoms with Crippen LogP contribution in [0.5, 0.6) is 11.5 Å². The zero-order valence-electron chi connectivity index (χ0n) is 13.6. The topological polar surface area (TPSA) is 63.7 Å². The van der Waals surface area contributed by atoms with E-state index in [1.165, 1.54) is 0 Å². The van der Waals surface area contributed by atoms with Crippen LogP contribution in [0.25, 0.3) is 0 Å². The minimum atomic E-state index is -0.192. The zero-order valence-corrected chi connectivity index (χ0v) is 13.6. The first-order chi connectivity index (χ1) is 11.1. The number of nitrogens with one attached hydrogen (secondary N) is 1. The van der Waals surface area contributed by atoms with Crippen molar-refractivity contribution < 1.29 is 14.3 Å². The predicted octanol–water partition coefficient (Wildman–Crippen LogP) is 2.81. The molecule has 0 spiro atoms. The Kier molecular flexibility index (Phi) is 5.80. The maximum atomic E-state index is 12.3. The van der Waals surface area contributed by atoms with Crippen molar-refractivity contribution in [3.8, 4) is 11.5 Å². The standard InChI is InChI=1S/C17H21N3O3/c1-20(11-8-13-6-9-18-10-7-13)17(21)19-15-5-4-14(22-2)12-16(15)23-3/h4-7,9-10,12H,8,11H2,1-3H3,(H,19,21). The van der Waals surface area contributed by atoms with E-state index in [1.807, 2.05) is 12.1 Å². The van der Waals surface area contributed by atoms with Crippen LogP contribution in [-0.2, 0) is 6.42 Å². The number of aromatic nitrogens is 1. The summed E-state index contributed by atoms with van der Waals surface area (Å²) < 4.78 is 10.4. The summed E-state index contributed by atoms with van der Waals surface area (Å²) in [6.07, 6.45) is 4.27. The Morgan fingerprint density at radius 3 is 2.57 bits per heavy atom. The van der Waals surface area contributed by atoms with Crippen LogP contribution < -0.4 is 14.8 Å². The number of carbonyl (C=O) groups is 1. The predicted molar refractivity (Wildman–Crippen MR) is 89.1 cm³/mol. The monoisotopic (exact) mass is 315 g/mol. The van der Waals surface area contributed by atoms with Gasteiger partial charge in [-0.1, -0.05) is 0 Å². The molecule has 0 atom stereocenters. The molecule has 0 fully saturated rings. The highest BCUT2D eigenvalue weighted by molar-refractivity contribution is 5.91. The quantitative estimate of drug-likeness (QED) is 0.890. The summed E-state index contributed by atoms with van der Waals surface area (Å²) in [4.78, 5) is 17.9. The van der Waals surface area contributed by atoms with Crippen molar-refractivity contribution in [3.05, 3.63) is 48.3 Å². The minimum Gasteiger partial charge on any atom is -0.497 e. The van der Waals surface area contributed by atoms with Crippen molar-refractivity contribution in [1.82, 2.24) is 9.88 Å². The van der Waals surface area contributed by atoms with Gasteiger partial charge in [0.2, 0.25) is 0 Å². The van der Waals surface area contributed by atoms with Gasteiger partial charge in [-0.05, 0) is 36.2 Å². The molecule has 1 aromatic heterocycles. The number of rotatable bonds is 6. The molecular formula is C17H21N3O3. The van der Waals surface area contributed by atoms with Crippen molar-refractivity contribution in [2.24, 2.45) is 0 Å². The number of hydrogen-bond acceptors (Lipinski definition) is 4. The van der Waals surface area contributed by atoms with Gasteiger partial charge in [0, 0.05) is 32.1 Å². The average Bonchev–Trinajstić information content (AvgIpc) is 2.60. The second-order valence-corrected chi connectivity index (χ2v) is 5.02. The Bertz CT molecular complexity index is 647. The van der Waals surface area contributed by atoms with Crippen LogP contribution in [0.1, 0.15) is 5.56 Å². The van der Waals surface area contributed by atoms with Crippen LogP contribution in [0.4, 0.5) is 10.5 Å². The van der Waals surface area contributed by atoms with Gasteiger partial charge in [0.15, 0.2) is 0 Å². The van der Waals surface area contributed by atoms with E-state index in [9.17, 15) is 4.79 Å². The normalized spacial score (nSPS) is 10.0. The number of pyridine rings is 1. The smallest absolute Gasteiger partial charge is 0.321 e. The van der Waals surface area contributed by atoms with Crippen molar-refractivity contribution in [2.45, 2.75) is 6.42 Å². The van der Waals surface area contributed by atoms with Gasteiger partial charge < -0.3 is 19.7 Å². The van der Waals surface area contributed by atoms with Gasteiger partial charge in [0.05, 0.1) is 19.9 Å². The molecule has 0 saturated heterocycles. The van der Waals surface area contributed by atoms with Crippen LogP contribution in [0.15, 0.2) is 42.7 Å². The Morgan fingerprint density at radius 1 is 1.17 bits per heavy atom. The number of nitrogens with zero attached hydrogens (tertiary/aromatic N) is 2. The molecule has 1 aromatic carbocycles. The number of carbonyl (C=O) groups excluding carboxylic acids is 1. The minimum absolute atomic E-state index is 0.192. The lowest BCUT2D eigenvalue weighted by molar-refractivity contribution is 0.223. The first kappa shape index (κ1) is 16.6. The van der Waals surface area contributed by atoms with Gasteiger partial charge >= 0.3 is 6.03 Å². The van der Waals surface area contributed by atoms with Crippen molar-refractivity contribution in [2.75, 3.05) is 33.1 Å². The number of hydrogen-bond donors (Lipinski definition) is 1. The largest absolute Gasteiger partial charge is 0.497 e. The third kappa shape index (κ3) is 4.60. The lowest BCUT2D eigenvalue weighted by atomic mass is 10.2. The molecular weight excluding hydrogens is 294 g/mol. The zero-order chi connectivity index (χ0) is 16.7. The van der Waals surface area contributed by atoms with Gasteiger partial charge in [0.25, 0.3) is 0 Å². The Morgan fingerprint density at radius 2 is 1.91 bits per heavy atom. The van der Waals surface area contributed by atoms with Crippen LogP contribution in [0, 0.1) is 0 Å². The van der Waals surface area contributed by atoms with Crippen molar-refractivity contribution in [3.63, 3.8) is 0 Å². The van der Waals surface area contributed by atoms with E-state index in [0.29, 0.717) is 23.7 Å². The number of anilines is 1. The van der Waals surface area contributed by atoms with E-state index in [2.05, 4.69) is 10.3 Å². The van der Waals surface area contributed by atoms with Crippen molar-refractivity contribution in [1.29, 1.82) is 0 Å². The SMILES string of the molecule is COc1ccc(NC(=O)N(C)CCc2ccncc2)c(OC)c1. The maximum Gasteiger partial charge on any atom is 0.321 e. The van der Waals surface area contributed by atoms with Gasteiger partial charge in [-0.2, -0.15) is 0 Å². The molecule has 2 rings (SSSR count). The first-order valence-electron chi connectivity index (χ1n) is 7.27. The van der Waals surface area contributed by atoms with E-state index in [4.69, 9.17) is 9.47 Å². The lowest BCUT2D eigenvalue weighted by Crippen LogP contribution is -2.33. The molecule has 2 aromatic rings. The molecule has 6 nitrogen and oxygen atoms in total. The maximum absolute atomic E-state index is 12.3. The summed E-state index contributed by atoms with van der Waals surface area (Å²) in [5, 5.41) is 2.84. The Hall–Kier alpha value is -2.76. The highest BCUT2D eigenvalue weighted by Gasteiger charge is 2.12. The molecule has 0 aliphatic rings. The highest BCUT2D eigenvalue weighted by Crippen LogP contribution is 2.29. The number of urea groups is 1. The van der Waals surface area contributed by atoms with Crippen LogP contribution >= 0.6 is 0 Å². The van der Waals surface area contributed by atoms with Crippen LogP contribution in [-0.4, -0.2) is 43.7 Å². The number of likely N-dealkylation sites (N-methyl/N-ethyl adjacent to an activating group) is 1. The Balaban J connectivity index is 1.95. The number of ether oxygens (including phenoxy) is 2. The van der Waals surface area contributed by atoms with Crippen LogP contribution in [0.3, 0.4) is 0 Å². The third-order valence-corrected chi connectivity index (χ3v) is 3.48. The molecule has 0 aliphatic carbocycles. The summed E-state index contributed by atoms with van der Waals surface area (Å²) in [5.41, 5.74) is 1.75. The van der Waals surface area contributed by atoms with E-state index < -0.39 is 0 Å². The summed E-state index contributed by atoms with van der Waals surface area (Å²) in [7, 11) is 4.89. The molecule has 0 radical (unpaired) electrons. The molecule has 0 saturated carbocycles. The summed E-state index contributed by atoms with van der Waals surface area (Å²) in [6, 6.07) is 8.95. The molecule has 122 valence electrons. The van der Waals surface area contributed by atoms with Gasteiger partial charge in [-0.3, -0.25) is 4.98 Å². The molecule has 0 bridgehead atoms. The number of benzene rings is 1.